The predicted molar refractivity (Wildman–Crippen MR) is 63.8 cm³/mol. The molecule has 88 valence electrons. The minimum absolute atomic E-state index is 0.0194. The van der Waals surface area contributed by atoms with Gasteiger partial charge >= 0.3 is 0 Å². The summed E-state index contributed by atoms with van der Waals surface area (Å²) >= 11 is 1.31. The summed E-state index contributed by atoms with van der Waals surface area (Å²) in [6.45, 7) is 3.91. The van der Waals surface area contributed by atoms with E-state index in [0.717, 1.165) is 31.8 Å². The van der Waals surface area contributed by atoms with Crippen LogP contribution in [0.5, 0.6) is 0 Å². The van der Waals surface area contributed by atoms with E-state index in [2.05, 4.69) is 22.4 Å². The number of nitrogens with zero attached hydrogens (tertiary/aromatic N) is 3. The molecule has 1 aromatic heterocycles. The molecule has 6 heteroatoms. The van der Waals surface area contributed by atoms with Crippen molar-refractivity contribution < 1.29 is 4.79 Å². The van der Waals surface area contributed by atoms with Crippen molar-refractivity contribution in [2.45, 2.75) is 19.8 Å². The molecule has 5 nitrogen and oxygen atoms in total. The van der Waals surface area contributed by atoms with Crippen LogP contribution in [0.15, 0.2) is 0 Å². The van der Waals surface area contributed by atoms with Crippen molar-refractivity contribution in [3.05, 3.63) is 5.01 Å². The number of anilines is 1. The quantitative estimate of drug-likeness (QED) is 0.850. The van der Waals surface area contributed by atoms with Gasteiger partial charge in [0.1, 0.15) is 0 Å². The van der Waals surface area contributed by atoms with E-state index < -0.39 is 0 Å². The van der Waals surface area contributed by atoms with Gasteiger partial charge in [0.25, 0.3) is 5.91 Å². The van der Waals surface area contributed by atoms with Crippen molar-refractivity contribution in [2.24, 2.45) is 5.92 Å². The van der Waals surface area contributed by atoms with Crippen LogP contribution < -0.4 is 5.32 Å². The summed E-state index contributed by atoms with van der Waals surface area (Å²) in [6, 6.07) is 0. The van der Waals surface area contributed by atoms with E-state index in [-0.39, 0.29) is 5.91 Å². The number of aromatic nitrogens is 2. The van der Waals surface area contributed by atoms with Crippen LogP contribution in [0.2, 0.25) is 0 Å². The highest BCUT2D eigenvalue weighted by molar-refractivity contribution is 7.17. The Balaban J connectivity index is 2.01. The van der Waals surface area contributed by atoms with Crippen LogP contribution in [-0.2, 0) is 0 Å². The van der Waals surface area contributed by atoms with Crippen molar-refractivity contribution >= 4 is 22.4 Å². The highest BCUT2D eigenvalue weighted by Gasteiger charge is 2.23. The first-order valence-electron chi connectivity index (χ1n) is 5.51. The monoisotopic (exact) mass is 240 g/mol. The second kappa shape index (κ2) is 4.78. The van der Waals surface area contributed by atoms with Gasteiger partial charge in [-0.15, -0.1) is 10.2 Å². The summed E-state index contributed by atoms with van der Waals surface area (Å²) in [5.74, 6) is 0.747. The highest BCUT2D eigenvalue weighted by atomic mass is 32.1. The van der Waals surface area contributed by atoms with Crippen LogP contribution in [0.3, 0.4) is 0 Å². The maximum Gasteiger partial charge on any atom is 0.284 e. The predicted octanol–water partition coefficient (Wildman–Crippen LogP) is 1.45. The molecular weight excluding hydrogens is 224 g/mol. The number of piperidine rings is 1. The molecular formula is C10H16N4OS. The molecule has 1 N–H and O–H groups in total. The van der Waals surface area contributed by atoms with Gasteiger partial charge in [0.15, 0.2) is 0 Å². The lowest BCUT2D eigenvalue weighted by Gasteiger charge is -2.29. The Morgan fingerprint density at radius 2 is 2.12 bits per heavy atom. The minimum atomic E-state index is 0.0194. The van der Waals surface area contributed by atoms with Crippen LogP contribution in [-0.4, -0.2) is 41.1 Å². The topological polar surface area (TPSA) is 58.1 Å². The molecule has 2 heterocycles. The molecule has 0 bridgehead atoms. The Hall–Kier alpha value is -1.17. The smallest absolute Gasteiger partial charge is 0.284 e. The zero-order valence-electron chi connectivity index (χ0n) is 9.56. The summed E-state index contributed by atoms with van der Waals surface area (Å²) in [5, 5.41) is 11.8. The van der Waals surface area contributed by atoms with Gasteiger partial charge in [-0.25, -0.2) is 0 Å². The molecule has 0 atom stereocenters. The number of carbonyl (C=O) groups is 1. The molecule has 1 saturated heterocycles. The summed E-state index contributed by atoms with van der Waals surface area (Å²) in [7, 11) is 1.78. The van der Waals surface area contributed by atoms with E-state index in [4.69, 9.17) is 0 Å². The van der Waals surface area contributed by atoms with Crippen LogP contribution in [0.1, 0.15) is 29.6 Å². The summed E-state index contributed by atoms with van der Waals surface area (Å²) < 4.78 is 0. The molecule has 0 spiro atoms. The second-order valence-corrected chi connectivity index (χ2v) is 5.11. The van der Waals surface area contributed by atoms with Crippen LogP contribution in [0.25, 0.3) is 0 Å². The second-order valence-electron chi connectivity index (χ2n) is 4.14. The lowest BCUT2D eigenvalue weighted by molar-refractivity contribution is 0.0696. The maximum atomic E-state index is 12.0. The Bertz CT molecular complexity index is 371. The van der Waals surface area contributed by atoms with E-state index in [1.165, 1.54) is 11.3 Å². The molecule has 16 heavy (non-hydrogen) atoms. The zero-order valence-corrected chi connectivity index (χ0v) is 10.4. The number of hydrogen-bond acceptors (Lipinski definition) is 5. The van der Waals surface area contributed by atoms with Gasteiger partial charge in [-0.2, -0.15) is 0 Å². The fourth-order valence-corrected chi connectivity index (χ4v) is 2.42. The molecule has 0 unspecified atom stereocenters. The third-order valence-electron chi connectivity index (χ3n) is 2.89. The van der Waals surface area contributed by atoms with Crippen molar-refractivity contribution in [3.63, 3.8) is 0 Å². The normalized spacial score (nSPS) is 17.5. The first-order chi connectivity index (χ1) is 7.70. The first kappa shape index (κ1) is 11.3. The van der Waals surface area contributed by atoms with E-state index in [1.807, 2.05) is 4.90 Å². The fraction of sp³-hybridized carbons (Fsp3) is 0.700. The molecule has 2 rings (SSSR count). The molecule has 0 radical (unpaired) electrons. The number of rotatable bonds is 2. The van der Waals surface area contributed by atoms with Gasteiger partial charge in [0, 0.05) is 20.1 Å². The number of nitrogens with one attached hydrogen (secondary N) is 1. The van der Waals surface area contributed by atoms with Crippen molar-refractivity contribution in [1.29, 1.82) is 0 Å². The number of likely N-dealkylation sites (tertiary alicyclic amines) is 1. The van der Waals surface area contributed by atoms with Crippen LogP contribution in [0, 0.1) is 5.92 Å². The van der Waals surface area contributed by atoms with Gasteiger partial charge in [0.05, 0.1) is 0 Å². The average Bonchev–Trinajstić information content (AvgIpc) is 2.77. The maximum absolute atomic E-state index is 12.0. The van der Waals surface area contributed by atoms with Crippen molar-refractivity contribution in [3.8, 4) is 0 Å². The van der Waals surface area contributed by atoms with E-state index >= 15 is 0 Å². The molecule has 1 aromatic rings. The Kier molecular flexibility index (Phi) is 3.38. The fourth-order valence-electron chi connectivity index (χ4n) is 1.76. The molecule has 0 aromatic carbocycles. The molecule has 1 aliphatic heterocycles. The number of amides is 1. The lowest BCUT2D eigenvalue weighted by Crippen LogP contribution is -2.37. The third kappa shape index (κ3) is 2.32. The van der Waals surface area contributed by atoms with E-state index in [0.29, 0.717) is 10.1 Å². The van der Waals surface area contributed by atoms with E-state index in [1.54, 1.807) is 7.05 Å². The average molecular weight is 240 g/mol. The zero-order chi connectivity index (χ0) is 11.5. The van der Waals surface area contributed by atoms with Crippen molar-refractivity contribution in [2.75, 3.05) is 25.5 Å². The molecule has 0 saturated carbocycles. The van der Waals surface area contributed by atoms with Gasteiger partial charge < -0.3 is 10.2 Å². The van der Waals surface area contributed by atoms with Crippen LogP contribution >= 0.6 is 11.3 Å². The number of hydrogen-bond donors (Lipinski definition) is 1. The molecule has 0 aliphatic carbocycles. The standard InChI is InChI=1S/C10H16N4OS/c1-7-3-5-14(6-4-7)9(15)8-12-13-10(11-2)16-8/h7H,3-6H2,1-2H3,(H,11,13). The summed E-state index contributed by atoms with van der Waals surface area (Å²) in [6.07, 6.45) is 2.17. The minimum Gasteiger partial charge on any atom is -0.363 e. The van der Waals surface area contributed by atoms with Gasteiger partial charge in [-0.05, 0) is 18.8 Å². The van der Waals surface area contributed by atoms with Gasteiger partial charge in [-0.1, -0.05) is 18.3 Å². The van der Waals surface area contributed by atoms with Gasteiger partial charge in [-0.3, -0.25) is 4.79 Å². The largest absolute Gasteiger partial charge is 0.363 e. The SMILES string of the molecule is CNc1nnc(C(=O)N2CCC(C)CC2)s1. The lowest BCUT2D eigenvalue weighted by atomic mass is 9.99. The highest BCUT2D eigenvalue weighted by Crippen LogP contribution is 2.21. The molecule has 1 fully saturated rings. The Labute approximate surface area is 98.9 Å². The Morgan fingerprint density at radius 3 is 2.69 bits per heavy atom. The Morgan fingerprint density at radius 1 is 1.44 bits per heavy atom. The van der Waals surface area contributed by atoms with Gasteiger partial charge in [0.2, 0.25) is 10.1 Å². The van der Waals surface area contributed by atoms with Crippen LogP contribution in [0.4, 0.5) is 5.13 Å². The summed E-state index contributed by atoms with van der Waals surface area (Å²) in [4.78, 5) is 13.9. The van der Waals surface area contributed by atoms with Crippen molar-refractivity contribution in [1.82, 2.24) is 15.1 Å². The van der Waals surface area contributed by atoms with E-state index in [9.17, 15) is 4.79 Å². The molecule has 1 aliphatic rings. The molecule has 1 amide bonds. The third-order valence-corrected chi connectivity index (χ3v) is 3.82. The summed E-state index contributed by atoms with van der Waals surface area (Å²) in [5.41, 5.74) is 0. The first-order valence-corrected chi connectivity index (χ1v) is 6.33. The number of carbonyl (C=O) groups excluding carboxylic acids is 1.